The molecule has 0 bridgehead atoms. The van der Waals surface area contributed by atoms with E-state index in [0.717, 1.165) is 41.2 Å². The lowest BCUT2D eigenvalue weighted by molar-refractivity contribution is 0.414. The van der Waals surface area contributed by atoms with E-state index >= 15 is 0 Å². The van der Waals surface area contributed by atoms with Gasteiger partial charge in [0.05, 0.1) is 30.1 Å². The van der Waals surface area contributed by atoms with E-state index in [1.807, 2.05) is 61.5 Å². The number of aromatic amines is 1. The fraction of sp³-hybridized carbons (Fsp3) is 0.304. The van der Waals surface area contributed by atoms with Crippen molar-refractivity contribution < 1.29 is 4.74 Å². The van der Waals surface area contributed by atoms with Gasteiger partial charge >= 0.3 is 0 Å². The summed E-state index contributed by atoms with van der Waals surface area (Å²) in [4.78, 5) is 18.2. The van der Waals surface area contributed by atoms with Crippen molar-refractivity contribution in [3.8, 4) is 22.7 Å². The highest BCUT2D eigenvalue weighted by molar-refractivity contribution is 6.03. The summed E-state index contributed by atoms with van der Waals surface area (Å²) in [5.41, 5.74) is 3.92. The Morgan fingerprint density at radius 1 is 1.07 bits per heavy atom. The van der Waals surface area contributed by atoms with E-state index in [2.05, 4.69) is 5.10 Å². The molecule has 1 fully saturated rings. The monoisotopic (exact) mass is 375 g/mol. The summed E-state index contributed by atoms with van der Waals surface area (Å²) in [7, 11) is 1.63. The normalized spacial score (nSPS) is 15.1. The molecule has 0 saturated heterocycles. The van der Waals surface area contributed by atoms with Crippen molar-refractivity contribution in [3.63, 3.8) is 0 Å². The van der Waals surface area contributed by atoms with Gasteiger partial charge in [-0.2, -0.15) is 0 Å². The van der Waals surface area contributed by atoms with Crippen LogP contribution in [0.4, 0.5) is 0 Å². The molecule has 3 aromatic rings. The van der Waals surface area contributed by atoms with Crippen LogP contribution in [0.3, 0.4) is 0 Å². The van der Waals surface area contributed by atoms with Crippen LogP contribution in [-0.2, 0) is 0 Å². The van der Waals surface area contributed by atoms with E-state index in [1.165, 1.54) is 12.8 Å². The molecule has 0 atom stereocenters. The molecule has 1 N–H and O–H groups in total. The zero-order valence-corrected chi connectivity index (χ0v) is 16.3. The van der Waals surface area contributed by atoms with Gasteiger partial charge in [-0.1, -0.05) is 43.2 Å². The predicted molar refractivity (Wildman–Crippen MR) is 113 cm³/mol. The number of nitrogens with one attached hydrogen (secondary N) is 1. The third-order valence-electron chi connectivity index (χ3n) is 5.35. The molecule has 1 aliphatic rings. The van der Waals surface area contributed by atoms with Crippen molar-refractivity contribution in [2.24, 2.45) is 4.99 Å². The second-order valence-electron chi connectivity index (χ2n) is 7.22. The van der Waals surface area contributed by atoms with Gasteiger partial charge < -0.3 is 4.74 Å². The van der Waals surface area contributed by atoms with Crippen molar-refractivity contribution in [2.45, 2.75) is 38.6 Å². The van der Waals surface area contributed by atoms with Crippen LogP contribution in [-0.4, -0.2) is 28.6 Å². The molecule has 0 radical (unpaired) electrons. The standard InChI is InChI=1S/C23H25N3O2/c1-16(24-18-10-6-7-11-18)21-22(17-8-4-3-5-9-17)25-26(23(21)27)19-12-14-20(28-2)15-13-19/h3-5,8-9,12-15,18,25H,6-7,10-11H2,1-2H3. The Bertz CT molecular complexity index is 1020. The summed E-state index contributed by atoms with van der Waals surface area (Å²) in [5.74, 6) is 0.755. The molecule has 144 valence electrons. The highest BCUT2D eigenvalue weighted by Crippen LogP contribution is 2.25. The fourth-order valence-corrected chi connectivity index (χ4v) is 3.87. The molecule has 0 unspecified atom stereocenters. The summed E-state index contributed by atoms with van der Waals surface area (Å²) in [6.07, 6.45) is 4.65. The van der Waals surface area contributed by atoms with Crippen LogP contribution in [0.25, 0.3) is 16.9 Å². The van der Waals surface area contributed by atoms with Gasteiger partial charge in [0.2, 0.25) is 0 Å². The van der Waals surface area contributed by atoms with E-state index in [9.17, 15) is 4.79 Å². The molecule has 1 aliphatic carbocycles. The lowest BCUT2D eigenvalue weighted by Crippen LogP contribution is -2.20. The Kier molecular flexibility index (Phi) is 5.15. The maximum Gasteiger partial charge on any atom is 0.280 e. The Morgan fingerprint density at radius 2 is 1.75 bits per heavy atom. The quantitative estimate of drug-likeness (QED) is 0.663. The molecule has 0 spiro atoms. The Morgan fingerprint density at radius 3 is 2.39 bits per heavy atom. The Hall–Kier alpha value is -3.08. The lowest BCUT2D eigenvalue weighted by Gasteiger charge is -2.06. The van der Waals surface area contributed by atoms with Gasteiger partial charge in [-0.15, -0.1) is 0 Å². The number of hydrogen-bond donors (Lipinski definition) is 1. The van der Waals surface area contributed by atoms with E-state index < -0.39 is 0 Å². The first-order chi connectivity index (χ1) is 13.7. The van der Waals surface area contributed by atoms with E-state index in [1.54, 1.807) is 11.8 Å². The van der Waals surface area contributed by atoms with Gasteiger partial charge in [-0.05, 0) is 44.0 Å². The van der Waals surface area contributed by atoms with Crippen molar-refractivity contribution in [1.82, 2.24) is 9.78 Å². The zero-order chi connectivity index (χ0) is 19.5. The summed E-state index contributed by atoms with van der Waals surface area (Å²) in [6, 6.07) is 17.7. The first-order valence-electron chi connectivity index (χ1n) is 9.77. The maximum absolute atomic E-state index is 13.4. The average molecular weight is 375 g/mol. The van der Waals surface area contributed by atoms with Crippen LogP contribution in [0.1, 0.15) is 38.2 Å². The van der Waals surface area contributed by atoms with Crippen molar-refractivity contribution in [1.29, 1.82) is 0 Å². The minimum Gasteiger partial charge on any atom is -0.497 e. The van der Waals surface area contributed by atoms with Gasteiger partial charge in [0.25, 0.3) is 5.56 Å². The molecule has 1 heterocycles. The number of benzene rings is 2. The summed E-state index contributed by atoms with van der Waals surface area (Å²) in [6.45, 7) is 1.95. The number of methoxy groups -OCH3 is 1. The van der Waals surface area contributed by atoms with Crippen molar-refractivity contribution in [3.05, 3.63) is 70.5 Å². The first kappa shape index (κ1) is 18.3. The fourth-order valence-electron chi connectivity index (χ4n) is 3.87. The van der Waals surface area contributed by atoms with Crippen molar-refractivity contribution >= 4 is 5.71 Å². The molecule has 28 heavy (non-hydrogen) atoms. The van der Waals surface area contributed by atoms with Gasteiger partial charge in [0.15, 0.2) is 0 Å². The molecule has 1 aromatic heterocycles. The van der Waals surface area contributed by atoms with E-state index in [0.29, 0.717) is 11.6 Å². The second-order valence-corrected chi connectivity index (χ2v) is 7.22. The number of aromatic nitrogens is 2. The number of aliphatic imine (C=N–C) groups is 1. The Balaban J connectivity index is 1.85. The first-order valence-corrected chi connectivity index (χ1v) is 9.77. The molecule has 4 rings (SSSR count). The minimum absolute atomic E-state index is 0.0803. The molecule has 0 amide bonds. The third-order valence-corrected chi connectivity index (χ3v) is 5.35. The minimum atomic E-state index is -0.0803. The zero-order valence-electron chi connectivity index (χ0n) is 16.3. The highest BCUT2D eigenvalue weighted by Gasteiger charge is 2.21. The second kappa shape index (κ2) is 7.89. The molecule has 2 aromatic carbocycles. The van der Waals surface area contributed by atoms with Gasteiger partial charge in [0, 0.05) is 11.3 Å². The van der Waals surface area contributed by atoms with Crippen LogP contribution in [0.5, 0.6) is 5.75 Å². The van der Waals surface area contributed by atoms with Gasteiger partial charge in [-0.3, -0.25) is 14.9 Å². The summed E-state index contributed by atoms with van der Waals surface area (Å²) >= 11 is 0. The lowest BCUT2D eigenvalue weighted by atomic mass is 10.0. The summed E-state index contributed by atoms with van der Waals surface area (Å²) < 4.78 is 6.82. The van der Waals surface area contributed by atoms with Crippen LogP contribution in [0.2, 0.25) is 0 Å². The molecular formula is C23H25N3O2. The van der Waals surface area contributed by atoms with E-state index in [4.69, 9.17) is 9.73 Å². The van der Waals surface area contributed by atoms with Gasteiger partial charge in [0.1, 0.15) is 5.75 Å². The smallest absolute Gasteiger partial charge is 0.280 e. The molecule has 1 saturated carbocycles. The molecule has 0 aliphatic heterocycles. The number of rotatable bonds is 5. The summed E-state index contributed by atoms with van der Waals surface area (Å²) in [5, 5.41) is 3.31. The van der Waals surface area contributed by atoms with Crippen LogP contribution < -0.4 is 10.3 Å². The highest BCUT2D eigenvalue weighted by atomic mass is 16.5. The SMILES string of the molecule is COc1ccc(-n2[nH]c(-c3ccccc3)c(C(C)=NC3CCCC3)c2=O)cc1. The molecule has 5 nitrogen and oxygen atoms in total. The van der Waals surface area contributed by atoms with Crippen LogP contribution >= 0.6 is 0 Å². The van der Waals surface area contributed by atoms with Crippen LogP contribution in [0.15, 0.2) is 64.4 Å². The number of ether oxygens (including phenoxy) is 1. The average Bonchev–Trinajstić information content (AvgIpc) is 3.36. The predicted octanol–water partition coefficient (Wildman–Crippen LogP) is 4.59. The van der Waals surface area contributed by atoms with Gasteiger partial charge in [-0.25, -0.2) is 4.68 Å². The third kappa shape index (κ3) is 3.52. The number of nitrogens with zero attached hydrogens (tertiary/aromatic N) is 2. The molecular weight excluding hydrogens is 350 g/mol. The van der Waals surface area contributed by atoms with E-state index in [-0.39, 0.29) is 5.56 Å². The van der Waals surface area contributed by atoms with Crippen molar-refractivity contribution in [2.75, 3.05) is 7.11 Å². The molecule has 5 heteroatoms. The number of hydrogen-bond acceptors (Lipinski definition) is 3. The van der Waals surface area contributed by atoms with Crippen LogP contribution in [0, 0.1) is 0 Å². The Labute approximate surface area is 164 Å². The topological polar surface area (TPSA) is 59.4 Å². The largest absolute Gasteiger partial charge is 0.497 e. The number of H-pyrrole nitrogens is 1. The maximum atomic E-state index is 13.4.